The number of nitrogens with zero attached hydrogens (tertiary/aromatic N) is 3. The van der Waals surface area contributed by atoms with Gasteiger partial charge in [-0.2, -0.15) is 0 Å². The van der Waals surface area contributed by atoms with Crippen LogP contribution in [0.25, 0.3) is 10.2 Å². The van der Waals surface area contributed by atoms with Crippen LogP contribution in [0.5, 0.6) is 0 Å². The first-order valence-corrected chi connectivity index (χ1v) is 11.1. The molecule has 0 fully saturated rings. The van der Waals surface area contributed by atoms with Gasteiger partial charge in [0.15, 0.2) is 5.16 Å². The first kappa shape index (κ1) is 18.3. The maximum absolute atomic E-state index is 13.0. The highest BCUT2D eigenvalue weighted by Gasteiger charge is 2.23. The van der Waals surface area contributed by atoms with Crippen molar-refractivity contribution in [2.45, 2.75) is 38.0 Å². The van der Waals surface area contributed by atoms with Crippen LogP contribution in [0, 0.1) is 0 Å². The minimum absolute atomic E-state index is 0.0333. The molecule has 0 atom stereocenters. The van der Waals surface area contributed by atoms with Gasteiger partial charge in [-0.05, 0) is 36.3 Å². The van der Waals surface area contributed by atoms with E-state index < -0.39 is 0 Å². The zero-order valence-corrected chi connectivity index (χ0v) is 17.0. The van der Waals surface area contributed by atoms with E-state index in [2.05, 4.69) is 24.0 Å². The van der Waals surface area contributed by atoms with Gasteiger partial charge in [-0.3, -0.25) is 14.2 Å². The van der Waals surface area contributed by atoms with Crippen molar-refractivity contribution in [3.8, 4) is 0 Å². The molecule has 0 bridgehead atoms. The van der Waals surface area contributed by atoms with Crippen LogP contribution in [0.3, 0.4) is 0 Å². The van der Waals surface area contributed by atoms with Gasteiger partial charge in [-0.25, -0.2) is 4.98 Å². The Balaban J connectivity index is 1.64. The maximum atomic E-state index is 13.0. The monoisotopic (exact) mass is 399 g/mol. The fourth-order valence-electron chi connectivity index (χ4n) is 3.46. The molecule has 0 saturated carbocycles. The average Bonchev–Trinajstić information content (AvgIpc) is 3.13. The van der Waals surface area contributed by atoms with Crippen LogP contribution in [0.2, 0.25) is 0 Å². The summed E-state index contributed by atoms with van der Waals surface area (Å²) >= 11 is 2.96. The molecule has 1 aromatic carbocycles. The highest BCUT2D eigenvalue weighted by atomic mass is 32.2. The number of carbonyl (C=O) groups is 1. The third-order valence-corrected chi connectivity index (χ3v) is 6.83. The van der Waals surface area contributed by atoms with Gasteiger partial charge in [0.25, 0.3) is 5.56 Å². The van der Waals surface area contributed by atoms with Crippen molar-refractivity contribution in [2.24, 2.45) is 0 Å². The Morgan fingerprint density at radius 3 is 2.81 bits per heavy atom. The normalized spacial score (nSPS) is 13.8. The molecule has 0 radical (unpaired) electrons. The number of aryl methyl sites for hydroxylation is 1. The summed E-state index contributed by atoms with van der Waals surface area (Å²) in [6.07, 6.45) is 3.62. The van der Waals surface area contributed by atoms with Crippen molar-refractivity contribution in [3.63, 3.8) is 0 Å². The number of hydrogen-bond donors (Lipinski definition) is 0. The van der Waals surface area contributed by atoms with Crippen LogP contribution < -0.4 is 5.56 Å². The molecule has 27 heavy (non-hydrogen) atoms. The fraction of sp³-hybridized carbons (Fsp3) is 0.350. The van der Waals surface area contributed by atoms with Gasteiger partial charge in [0.05, 0.1) is 5.39 Å². The molecule has 1 aliphatic heterocycles. The van der Waals surface area contributed by atoms with Gasteiger partial charge in [-0.1, -0.05) is 43.0 Å². The topological polar surface area (TPSA) is 55.2 Å². The lowest BCUT2D eigenvalue weighted by molar-refractivity contribution is -0.133. The number of carbonyl (C=O) groups excluding carboxylic acids is 1. The van der Waals surface area contributed by atoms with Crippen LogP contribution in [-0.2, 0) is 30.7 Å². The summed E-state index contributed by atoms with van der Waals surface area (Å²) in [6.45, 7) is 3.40. The number of thiophene rings is 1. The molecular weight excluding hydrogens is 378 g/mol. The van der Waals surface area contributed by atoms with Crippen molar-refractivity contribution in [1.29, 1.82) is 0 Å². The number of hydrogen-bond acceptors (Lipinski definition) is 5. The lowest BCUT2D eigenvalue weighted by atomic mass is 10.00. The molecule has 0 saturated heterocycles. The molecule has 1 aliphatic rings. The summed E-state index contributed by atoms with van der Waals surface area (Å²) in [7, 11) is 0. The molecule has 3 aromatic rings. The second kappa shape index (κ2) is 7.48. The molecule has 1 amide bonds. The molecule has 0 aliphatic carbocycles. The van der Waals surface area contributed by atoms with E-state index in [0.717, 1.165) is 22.5 Å². The Labute approximate surface area is 166 Å². The average molecular weight is 400 g/mol. The van der Waals surface area contributed by atoms with Crippen molar-refractivity contribution < 1.29 is 4.79 Å². The van der Waals surface area contributed by atoms with E-state index in [0.29, 0.717) is 23.6 Å². The van der Waals surface area contributed by atoms with Gasteiger partial charge in [-0.15, -0.1) is 11.3 Å². The van der Waals surface area contributed by atoms with Crippen molar-refractivity contribution in [1.82, 2.24) is 14.5 Å². The van der Waals surface area contributed by atoms with E-state index in [1.807, 2.05) is 29.4 Å². The Kier molecular flexibility index (Phi) is 5.06. The molecule has 7 heteroatoms. The number of fused-ring (bicyclic) bond motifs is 2. The first-order chi connectivity index (χ1) is 13.1. The van der Waals surface area contributed by atoms with Gasteiger partial charge in [0, 0.05) is 18.0 Å². The Morgan fingerprint density at radius 2 is 2.07 bits per heavy atom. The van der Waals surface area contributed by atoms with Crippen molar-refractivity contribution >= 4 is 39.2 Å². The highest BCUT2D eigenvalue weighted by Crippen LogP contribution is 2.25. The first-order valence-electron chi connectivity index (χ1n) is 9.02. The highest BCUT2D eigenvalue weighted by molar-refractivity contribution is 7.98. The molecule has 2 aromatic heterocycles. The van der Waals surface area contributed by atoms with E-state index in [9.17, 15) is 9.59 Å². The van der Waals surface area contributed by atoms with E-state index in [1.165, 1.54) is 27.5 Å². The van der Waals surface area contributed by atoms with Crippen LogP contribution in [0.1, 0.15) is 22.9 Å². The van der Waals surface area contributed by atoms with Crippen LogP contribution in [0.15, 0.2) is 40.3 Å². The number of amides is 1. The summed E-state index contributed by atoms with van der Waals surface area (Å²) in [6, 6.07) is 10.1. The van der Waals surface area contributed by atoms with Gasteiger partial charge in [0.2, 0.25) is 5.91 Å². The Morgan fingerprint density at radius 1 is 1.30 bits per heavy atom. The smallest absolute Gasteiger partial charge is 0.263 e. The molecule has 0 unspecified atom stereocenters. The molecule has 0 N–H and O–H groups in total. The third kappa shape index (κ3) is 3.41. The van der Waals surface area contributed by atoms with Gasteiger partial charge < -0.3 is 4.90 Å². The zero-order chi connectivity index (χ0) is 19.0. The minimum Gasteiger partial charge on any atom is -0.336 e. The summed E-state index contributed by atoms with van der Waals surface area (Å²) in [5.74, 6) is -0.0333. The van der Waals surface area contributed by atoms with Crippen molar-refractivity contribution in [2.75, 3.05) is 12.8 Å². The van der Waals surface area contributed by atoms with Gasteiger partial charge in [0.1, 0.15) is 11.4 Å². The summed E-state index contributed by atoms with van der Waals surface area (Å²) in [5, 5.41) is 1.22. The van der Waals surface area contributed by atoms with E-state index in [4.69, 9.17) is 0 Å². The number of aromatic nitrogens is 2. The molecular formula is C20H21N3O2S2. The summed E-state index contributed by atoms with van der Waals surface area (Å²) in [5.41, 5.74) is 2.37. The predicted octanol–water partition coefficient (Wildman–Crippen LogP) is 3.33. The number of rotatable bonds is 4. The van der Waals surface area contributed by atoms with Gasteiger partial charge >= 0.3 is 0 Å². The Hall–Kier alpha value is -2.12. The Bertz CT molecular complexity index is 1070. The standard InChI is InChI=1S/C20H21N3O2S2/c1-3-15-10-16-18(27-15)21-20(26-2)23(19(16)25)12-17(24)22-9-8-13-6-4-5-7-14(13)11-22/h4-7,10H,3,8-9,11-12H2,1-2H3. The largest absolute Gasteiger partial charge is 0.336 e. The van der Waals surface area contributed by atoms with E-state index in [1.54, 1.807) is 11.3 Å². The summed E-state index contributed by atoms with van der Waals surface area (Å²) < 4.78 is 1.53. The molecule has 4 rings (SSSR count). The van der Waals surface area contributed by atoms with Crippen molar-refractivity contribution in [3.05, 3.63) is 56.7 Å². The van der Waals surface area contributed by atoms with Crippen LogP contribution in [-0.4, -0.2) is 33.2 Å². The molecule has 140 valence electrons. The van der Waals surface area contributed by atoms with Crippen LogP contribution >= 0.6 is 23.1 Å². The zero-order valence-electron chi connectivity index (χ0n) is 15.4. The third-order valence-electron chi connectivity index (χ3n) is 4.97. The number of benzene rings is 1. The lowest BCUT2D eigenvalue weighted by Crippen LogP contribution is -2.40. The summed E-state index contributed by atoms with van der Waals surface area (Å²) in [4.78, 5) is 34.3. The minimum atomic E-state index is -0.119. The van der Waals surface area contributed by atoms with E-state index >= 15 is 0 Å². The van der Waals surface area contributed by atoms with E-state index in [-0.39, 0.29) is 18.0 Å². The quantitative estimate of drug-likeness (QED) is 0.499. The molecule has 3 heterocycles. The second-order valence-corrected chi connectivity index (χ2v) is 8.50. The molecule has 5 nitrogen and oxygen atoms in total. The second-order valence-electron chi connectivity index (χ2n) is 6.61. The van der Waals surface area contributed by atoms with Crippen LogP contribution in [0.4, 0.5) is 0 Å². The SMILES string of the molecule is CCc1cc2c(=O)n(CC(=O)N3CCc4ccccc4C3)c(SC)nc2s1. The molecule has 0 spiro atoms. The number of thioether (sulfide) groups is 1. The maximum Gasteiger partial charge on any atom is 0.263 e. The lowest BCUT2D eigenvalue weighted by Gasteiger charge is -2.29. The fourth-order valence-corrected chi connectivity index (χ4v) is 5.03. The predicted molar refractivity (Wildman–Crippen MR) is 111 cm³/mol.